The van der Waals surface area contributed by atoms with Gasteiger partial charge < -0.3 is 10.6 Å². The summed E-state index contributed by atoms with van der Waals surface area (Å²) in [6, 6.07) is 2.68. The normalized spacial score (nSPS) is 26.3. The molecule has 4 rings (SSSR count). The molecule has 22 heavy (non-hydrogen) atoms. The Hall–Kier alpha value is -1.86. The number of nitrogens with one attached hydrogen (secondary N) is 2. The van der Waals surface area contributed by atoms with E-state index < -0.39 is 5.82 Å². The zero-order valence-electron chi connectivity index (χ0n) is 11.8. The van der Waals surface area contributed by atoms with E-state index in [0.717, 1.165) is 19.0 Å². The highest BCUT2D eigenvalue weighted by molar-refractivity contribution is 7.16. The fourth-order valence-electron chi connectivity index (χ4n) is 3.28. The average molecular weight is 318 g/mol. The molecule has 7 heteroatoms. The fraction of sp³-hybridized carbons (Fsp3) is 0.400. The first kappa shape index (κ1) is 13.8. The van der Waals surface area contributed by atoms with Gasteiger partial charge in [0.1, 0.15) is 9.88 Å². The number of aromatic nitrogens is 2. The van der Waals surface area contributed by atoms with Crippen LogP contribution in [0.1, 0.15) is 28.9 Å². The largest absolute Gasteiger partial charge is 0.347 e. The summed E-state index contributed by atoms with van der Waals surface area (Å²) in [7, 11) is 0. The van der Waals surface area contributed by atoms with Crippen LogP contribution in [0.25, 0.3) is 10.6 Å². The summed E-state index contributed by atoms with van der Waals surface area (Å²) in [6.45, 7) is 0. The maximum absolute atomic E-state index is 13.7. The third kappa shape index (κ3) is 2.40. The maximum Gasteiger partial charge on any atom is 0.263 e. The number of amides is 1. The second-order valence-corrected chi connectivity index (χ2v) is 6.78. The van der Waals surface area contributed by atoms with Gasteiger partial charge in [-0.15, -0.1) is 11.3 Å². The molecule has 2 fully saturated rings. The molecule has 1 amide bonds. The zero-order chi connectivity index (χ0) is 15.1. The SMILES string of the molecule is O=C(N[C@@H]1C[C@H]2CC[C@@H]1N2)c1cnc(-c2ccncc2F)s1. The molecule has 2 saturated heterocycles. The molecule has 2 aromatic rings. The number of fused-ring (bicyclic) bond motifs is 2. The lowest BCUT2D eigenvalue weighted by Gasteiger charge is -2.20. The van der Waals surface area contributed by atoms with E-state index in [1.54, 1.807) is 6.07 Å². The van der Waals surface area contributed by atoms with Crippen LogP contribution in [0, 0.1) is 5.82 Å². The first-order valence-corrected chi connectivity index (χ1v) is 8.15. The first-order chi connectivity index (χ1) is 10.7. The summed E-state index contributed by atoms with van der Waals surface area (Å²) < 4.78 is 13.7. The number of hydrogen-bond acceptors (Lipinski definition) is 5. The van der Waals surface area contributed by atoms with Crippen molar-refractivity contribution in [1.82, 2.24) is 20.6 Å². The molecule has 0 aliphatic carbocycles. The van der Waals surface area contributed by atoms with Crippen molar-refractivity contribution in [3.8, 4) is 10.6 Å². The van der Waals surface area contributed by atoms with Gasteiger partial charge in [-0.25, -0.2) is 9.37 Å². The number of carbonyl (C=O) groups excluding carboxylic acids is 1. The second-order valence-electron chi connectivity index (χ2n) is 5.75. The van der Waals surface area contributed by atoms with Gasteiger partial charge >= 0.3 is 0 Å². The Kier molecular flexibility index (Phi) is 3.38. The van der Waals surface area contributed by atoms with E-state index in [0.29, 0.717) is 27.5 Å². The van der Waals surface area contributed by atoms with E-state index in [1.165, 1.54) is 30.2 Å². The van der Waals surface area contributed by atoms with Crippen LogP contribution in [-0.4, -0.2) is 34.0 Å². The Labute approximate surface area is 131 Å². The third-order valence-electron chi connectivity index (χ3n) is 4.35. The van der Waals surface area contributed by atoms with Gasteiger partial charge in [0.25, 0.3) is 5.91 Å². The van der Waals surface area contributed by atoms with Crippen LogP contribution in [0.4, 0.5) is 4.39 Å². The minimum Gasteiger partial charge on any atom is -0.347 e. The van der Waals surface area contributed by atoms with Crippen molar-refractivity contribution in [2.75, 3.05) is 0 Å². The second kappa shape index (κ2) is 5.40. The minimum absolute atomic E-state index is 0.127. The lowest BCUT2D eigenvalue weighted by Crippen LogP contribution is -2.42. The van der Waals surface area contributed by atoms with Gasteiger partial charge in [-0.2, -0.15) is 0 Å². The summed E-state index contributed by atoms with van der Waals surface area (Å²) in [4.78, 5) is 20.7. The van der Waals surface area contributed by atoms with Crippen LogP contribution in [-0.2, 0) is 0 Å². The smallest absolute Gasteiger partial charge is 0.263 e. The molecule has 5 nitrogen and oxygen atoms in total. The van der Waals surface area contributed by atoms with Gasteiger partial charge in [0, 0.05) is 29.9 Å². The number of thiazole rings is 1. The van der Waals surface area contributed by atoms with Crippen LogP contribution in [0.5, 0.6) is 0 Å². The molecule has 2 aliphatic heterocycles. The molecule has 0 saturated carbocycles. The topological polar surface area (TPSA) is 66.9 Å². The number of halogens is 1. The van der Waals surface area contributed by atoms with E-state index in [9.17, 15) is 9.18 Å². The molecule has 0 radical (unpaired) electrons. The van der Waals surface area contributed by atoms with Crippen molar-refractivity contribution in [3.63, 3.8) is 0 Å². The highest BCUT2D eigenvalue weighted by Gasteiger charge is 2.39. The molecule has 2 aromatic heterocycles. The van der Waals surface area contributed by atoms with E-state index in [-0.39, 0.29) is 11.9 Å². The Morgan fingerprint density at radius 3 is 3.05 bits per heavy atom. The van der Waals surface area contributed by atoms with E-state index in [4.69, 9.17) is 0 Å². The predicted molar refractivity (Wildman–Crippen MR) is 81.1 cm³/mol. The van der Waals surface area contributed by atoms with Crippen LogP contribution >= 0.6 is 11.3 Å². The van der Waals surface area contributed by atoms with Gasteiger partial charge in [0.05, 0.1) is 12.4 Å². The van der Waals surface area contributed by atoms with Crippen molar-refractivity contribution >= 4 is 17.2 Å². The summed E-state index contributed by atoms with van der Waals surface area (Å²) in [5, 5.41) is 7.06. The van der Waals surface area contributed by atoms with E-state index >= 15 is 0 Å². The number of carbonyl (C=O) groups is 1. The Morgan fingerprint density at radius 2 is 2.32 bits per heavy atom. The van der Waals surface area contributed by atoms with E-state index in [2.05, 4.69) is 20.6 Å². The number of pyridine rings is 1. The lowest BCUT2D eigenvalue weighted by molar-refractivity contribution is 0.0935. The fourth-order valence-corrected chi connectivity index (χ4v) is 4.12. The molecule has 2 N–H and O–H groups in total. The first-order valence-electron chi connectivity index (χ1n) is 7.33. The van der Waals surface area contributed by atoms with Crippen molar-refractivity contribution < 1.29 is 9.18 Å². The average Bonchev–Trinajstić information content (AvgIpc) is 3.24. The van der Waals surface area contributed by atoms with Crippen LogP contribution < -0.4 is 10.6 Å². The molecule has 2 aliphatic rings. The third-order valence-corrected chi connectivity index (χ3v) is 5.38. The lowest BCUT2D eigenvalue weighted by atomic mass is 9.95. The van der Waals surface area contributed by atoms with Crippen molar-refractivity contribution in [1.29, 1.82) is 0 Å². The van der Waals surface area contributed by atoms with Gasteiger partial charge in [-0.3, -0.25) is 9.78 Å². The maximum atomic E-state index is 13.7. The zero-order valence-corrected chi connectivity index (χ0v) is 12.6. The highest BCUT2D eigenvalue weighted by atomic mass is 32.1. The molecule has 0 spiro atoms. The summed E-state index contributed by atoms with van der Waals surface area (Å²) in [5.41, 5.74) is 0.376. The van der Waals surface area contributed by atoms with E-state index in [1.807, 2.05) is 0 Å². The van der Waals surface area contributed by atoms with Gasteiger partial charge in [0.2, 0.25) is 0 Å². The molecule has 114 valence electrons. The van der Waals surface area contributed by atoms with Crippen LogP contribution in [0.3, 0.4) is 0 Å². The molecule has 4 heterocycles. The highest BCUT2D eigenvalue weighted by Crippen LogP contribution is 2.30. The van der Waals surface area contributed by atoms with Crippen LogP contribution in [0.2, 0.25) is 0 Å². The van der Waals surface area contributed by atoms with Gasteiger partial charge in [0.15, 0.2) is 5.82 Å². The van der Waals surface area contributed by atoms with Gasteiger partial charge in [-0.05, 0) is 25.3 Å². The molecule has 2 bridgehead atoms. The number of hydrogen-bond donors (Lipinski definition) is 2. The van der Waals surface area contributed by atoms with Gasteiger partial charge in [-0.1, -0.05) is 0 Å². The molecule has 3 atom stereocenters. The van der Waals surface area contributed by atoms with Crippen molar-refractivity contribution in [2.24, 2.45) is 0 Å². The quantitative estimate of drug-likeness (QED) is 0.908. The molecular weight excluding hydrogens is 303 g/mol. The number of nitrogens with zero attached hydrogens (tertiary/aromatic N) is 2. The minimum atomic E-state index is -0.430. The van der Waals surface area contributed by atoms with Crippen LogP contribution in [0.15, 0.2) is 24.7 Å². The summed E-state index contributed by atoms with van der Waals surface area (Å²) >= 11 is 1.20. The summed E-state index contributed by atoms with van der Waals surface area (Å²) in [6.07, 6.45) is 7.48. The molecular formula is C15H15FN4OS. The summed E-state index contributed by atoms with van der Waals surface area (Å²) in [5.74, 6) is -0.557. The Bertz CT molecular complexity index is 719. The predicted octanol–water partition coefficient (Wildman–Crippen LogP) is 1.97. The molecule has 0 unspecified atom stereocenters. The standard InChI is InChI=1S/C15H15FN4OS/c16-10-6-17-4-3-9(10)15-18-7-13(22-15)14(21)20-12-5-8-1-2-11(12)19-8/h3-4,6-8,11-12,19H,1-2,5H2,(H,20,21)/t8-,11+,12-/m1/s1. The Balaban J connectivity index is 1.49. The van der Waals surface area contributed by atoms with Crippen molar-refractivity contribution in [3.05, 3.63) is 35.4 Å². The molecule has 0 aromatic carbocycles. The Morgan fingerprint density at radius 1 is 1.41 bits per heavy atom. The number of rotatable bonds is 3. The van der Waals surface area contributed by atoms with Crippen molar-refractivity contribution in [2.45, 2.75) is 37.4 Å². The monoisotopic (exact) mass is 318 g/mol.